The number of aryl methyl sites for hydroxylation is 1. The number of nitrogens with two attached hydrogens (primary N) is 1. The maximum absolute atomic E-state index is 11.8. The zero-order valence-corrected chi connectivity index (χ0v) is 10.3. The monoisotopic (exact) mass is 248 g/mol. The predicted molar refractivity (Wildman–Crippen MR) is 68.8 cm³/mol. The molecule has 0 spiro atoms. The highest BCUT2D eigenvalue weighted by atomic mass is 32.1. The van der Waals surface area contributed by atoms with Gasteiger partial charge >= 0.3 is 5.13 Å². The third kappa shape index (κ3) is 3.04. The lowest BCUT2D eigenvalue weighted by atomic mass is 10.2. The molecule has 0 saturated carbocycles. The number of aromatic nitrogens is 1. The maximum Gasteiger partial charge on any atom is 0.329 e. The van der Waals surface area contributed by atoms with Crippen LogP contribution in [0.1, 0.15) is 11.3 Å². The summed E-state index contributed by atoms with van der Waals surface area (Å²) in [6.07, 6.45) is 0.308. The van der Waals surface area contributed by atoms with Gasteiger partial charge in [0.25, 0.3) is 0 Å². The molecule has 1 heterocycles. The number of anilines is 2. The molecule has 1 aromatic carbocycles. The topological polar surface area (TPSA) is 69.3 Å². The fourth-order valence-electron chi connectivity index (χ4n) is 1.52. The van der Waals surface area contributed by atoms with Crippen LogP contribution < -0.4 is 16.0 Å². The highest BCUT2D eigenvalue weighted by molar-refractivity contribution is 7.13. The molecule has 4 N–H and O–H groups in total. The summed E-state index contributed by atoms with van der Waals surface area (Å²) in [5.74, 6) is -0.0478. The molecule has 0 aliphatic rings. The average molecular weight is 248 g/mol. The first-order chi connectivity index (χ1) is 8.15. The number of carbonyl (C=O) groups excluding carboxylic acids is 1. The van der Waals surface area contributed by atoms with Crippen molar-refractivity contribution in [3.05, 3.63) is 40.9 Å². The number of para-hydroxylation sites is 1. The summed E-state index contributed by atoms with van der Waals surface area (Å²) in [4.78, 5) is 14.7. The van der Waals surface area contributed by atoms with Crippen LogP contribution in [0.5, 0.6) is 0 Å². The molecule has 0 unspecified atom stereocenters. The zero-order chi connectivity index (χ0) is 12.3. The van der Waals surface area contributed by atoms with Gasteiger partial charge in [0.15, 0.2) is 0 Å². The largest absolute Gasteiger partial charge is 0.329 e. The molecule has 0 saturated heterocycles. The number of hydrogen-bond donors (Lipinski definition) is 2. The molecule has 88 valence electrons. The molecule has 5 heteroatoms. The minimum Gasteiger partial charge on any atom is -0.325 e. The molecule has 1 aromatic heterocycles. The van der Waals surface area contributed by atoms with Gasteiger partial charge < -0.3 is 5.32 Å². The molecule has 1 amide bonds. The Labute approximate surface area is 103 Å². The van der Waals surface area contributed by atoms with Crippen molar-refractivity contribution in [1.82, 2.24) is 0 Å². The van der Waals surface area contributed by atoms with Crippen LogP contribution in [0.25, 0.3) is 0 Å². The zero-order valence-electron chi connectivity index (χ0n) is 9.49. The van der Waals surface area contributed by atoms with Crippen molar-refractivity contribution >= 4 is 28.1 Å². The quantitative estimate of drug-likeness (QED) is 0.866. The smallest absolute Gasteiger partial charge is 0.325 e. The van der Waals surface area contributed by atoms with Gasteiger partial charge in [0, 0.05) is 11.1 Å². The number of carbonyl (C=O) groups is 1. The van der Waals surface area contributed by atoms with E-state index in [9.17, 15) is 4.79 Å². The van der Waals surface area contributed by atoms with Gasteiger partial charge in [-0.05, 0) is 18.6 Å². The minimum atomic E-state index is -0.0478. The summed E-state index contributed by atoms with van der Waals surface area (Å²) in [5.41, 5.74) is 8.29. The van der Waals surface area contributed by atoms with Gasteiger partial charge in [-0.2, -0.15) is 0 Å². The molecule has 0 aliphatic heterocycles. The van der Waals surface area contributed by atoms with Gasteiger partial charge in [-0.15, -0.1) is 0 Å². The van der Waals surface area contributed by atoms with Crippen LogP contribution in [0.15, 0.2) is 29.6 Å². The average Bonchev–Trinajstić information content (AvgIpc) is 2.67. The van der Waals surface area contributed by atoms with Crippen molar-refractivity contribution < 1.29 is 9.78 Å². The summed E-state index contributed by atoms with van der Waals surface area (Å²) in [5, 5.41) is 5.34. The molecule has 2 rings (SSSR count). The van der Waals surface area contributed by atoms with Gasteiger partial charge in [0.05, 0.1) is 6.42 Å². The fraction of sp³-hybridized carbons (Fsp3) is 0.167. The second-order valence-electron chi connectivity index (χ2n) is 3.79. The van der Waals surface area contributed by atoms with E-state index in [-0.39, 0.29) is 5.91 Å². The molecule has 0 fully saturated rings. The lowest BCUT2D eigenvalue weighted by molar-refractivity contribution is -0.365. The van der Waals surface area contributed by atoms with Gasteiger partial charge in [0.1, 0.15) is 5.69 Å². The number of amides is 1. The second-order valence-corrected chi connectivity index (χ2v) is 4.70. The number of thiazole rings is 1. The summed E-state index contributed by atoms with van der Waals surface area (Å²) in [6, 6.07) is 7.69. The first-order valence-corrected chi connectivity index (χ1v) is 6.14. The van der Waals surface area contributed by atoms with Gasteiger partial charge in [-0.25, -0.2) is 4.98 Å². The summed E-state index contributed by atoms with van der Waals surface area (Å²) in [7, 11) is 0. The van der Waals surface area contributed by atoms with Gasteiger partial charge in [-0.3, -0.25) is 10.5 Å². The van der Waals surface area contributed by atoms with Crippen LogP contribution in [0.4, 0.5) is 10.8 Å². The SMILES string of the molecule is Cc1ccccc1NC(=O)Cc1csc(N)[nH+]1. The lowest BCUT2D eigenvalue weighted by Crippen LogP contribution is -2.20. The van der Waals surface area contributed by atoms with Gasteiger partial charge in [-0.1, -0.05) is 29.5 Å². The van der Waals surface area contributed by atoms with Crippen LogP contribution in [0, 0.1) is 6.92 Å². The number of aromatic amines is 1. The number of rotatable bonds is 3. The minimum absolute atomic E-state index is 0.0478. The standard InChI is InChI=1S/C12H13N3OS/c1-8-4-2-3-5-10(8)15-11(16)6-9-7-17-12(13)14-9/h2-5,7H,6H2,1H3,(H2,13,14)(H,15,16)/p+1. The third-order valence-electron chi connectivity index (χ3n) is 2.38. The summed E-state index contributed by atoms with van der Waals surface area (Å²) in [6.45, 7) is 1.96. The third-order valence-corrected chi connectivity index (χ3v) is 3.14. The highest BCUT2D eigenvalue weighted by Gasteiger charge is 2.10. The van der Waals surface area contributed by atoms with Crippen molar-refractivity contribution in [2.45, 2.75) is 13.3 Å². The van der Waals surface area contributed by atoms with Crippen molar-refractivity contribution in [1.29, 1.82) is 0 Å². The van der Waals surface area contributed by atoms with Crippen molar-refractivity contribution in [3.8, 4) is 0 Å². The van der Waals surface area contributed by atoms with Crippen LogP contribution in [0.2, 0.25) is 0 Å². The van der Waals surface area contributed by atoms with E-state index in [1.54, 1.807) is 0 Å². The molecule has 0 aliphatic carbocycles. The van der Waals surface area contributed by atoms with Crippen molar-refractivity contribution in [2.75, 3.05) is 11.1 Å². The molecule has 17 heavy (non-hydrogen) atoms. The Bertz CT molecular complexity index is 536. The highest BCUT2D eigenvalue weighted by Crippen LogP contribution is 2.13. The first kappa shape index (κ1) is 11.6. The number of H-pyrrole nitrogens is 1. The predicted octanol–water partition coefficient (Wildman–Crippen LogP) is 1.63. The van der Waals surface area contributed by atoms with E-state index in [0.29, 0.717) is 11.6 Å². The Morgan fingerprint density at radius 3 is 2.88 bits per heavy atom. The Hall–Kier alpha value is -1.88. The van der Waals surface area contributed by atoms with Crippen molar-refractivity contribution in [2.24, 2.45) is 0 Å². The Kier molecular flexibility index (Phi) is 3.39. The summed E-state index contributed by atoms with van der Waals surface area (Å²) < 4.78 is 0. The van der Waals surface area contributed by atoms with Crippen molar-refractivity contribution in [3.63, 3.8) is 0 Å². The second kappa shape index (κ2) is 4.97. The Morgan fingerprint density at radius 2 is 2.24 bits per heavy atom. The van der Waals surface area contributed by atoms with E-state index < -0.39 is 0 Å². The van der Waals surface area contributed by atoms with Crippen LogP contribution in [-0.2, 0) is 11.2 Å². The number of nitrogen functional groups attached to an aromatic ring is 1. The molecule has 0 bridgehead atoms. The number of hydrogen-bond acceptors (Lipinski definition) is 3. The molecular formula is C12H14N3OS+. The summed E-state index contributed by atoms with van der Waals surface area (Å²) >= 11 is 1.40. The maximum atomic E-state index is 11.8. The van der Waals surface area contributed by atoms with E-state index in [1.807, 2.05) is 36.6 Å². The van der Waals surface area contributed by atoms with E-state index in [0.717, 1.165) is 16.9 Å². The lowest BCUT2D eigenvalue weighted by Gasteiger charge is -2.06. The molecule has 2 aromatic rings. The number of nitrogens with one attached hydrogen (secondary N) is 2. The molecule has 4 nitrogen and oxygen atoms in total. The fourth-order valence-corrected chi connectivity index (χ4v) is 2.12. The molecule has 0 atom stereocenters. The molecule has 0 radical (unpaired) electrons. The van der Waals surface area contributed by atoms with Crippen LogP contribution >= 0.6 is 11.3 Å². The van der Waals surface area contributed by atoms with E-state index >= 15 is 0 Å². The van der Waals surface area contributed by atoms with E-state index in [4.69, 9.17) is 5.73 Å². The van der Waals surface area contributed by atoms with E-state index in [1.165, 1.54) is 11.3 Å². The Balaban J connectivity index is 2.01. The normalized spacial score (nSPS) is 10.2. The van der Waals surface area contributed by atoms with Crippen LogP contribution in [-0.4, -0.2) is 5.91 Å². The van der Waals surface area contributed by atoms with E-state index in [2.05, 4.69) is 10.3 Å². The number of benzene rings is 1. The molecular weight excluding hydrogens is 234 g/mol. The van der Waals surface area contributed by atoms with Gasteiger partial charge in [0.2, 0.25) is 5.91 Å². The van der Waals surface area contributed by atoms with Crippen LogP contribution in [0.3, 0.4) is 0 Å². The first-order valence-electron chi connectivity index (χ1n) is 5.26. The Morgan fingerprint density at radius 1 is 1.47 bits per heavy atom.